The van der Waals surface area contributed by atoms with Gasteiger partial charge >= 0.3 is 0 Å². The van der Waals surface area contributed by atoms with Gasteiger partial charge in [0.25, 0.3) is 5.91 Å². The van der Waals surface area contributed by atoms with E-state index in [1.807, 2.05) is 13.8 Å². The van der Waals surface area contributed by atoms with Crippen molar-refractivity contribution >= 4 is 5.91 Å². The molecule has 94 valence electrons. The number of hydrogen-bond acceptors (Lipinski definition) is 4. The van der Waals surface area contributed by atoms with Crippen LogP contribution in [0, 0.1) is 5.92 Å². The first kappa shape index (κ1) is 12.0. The molecule has 0 aromatic carbocycles. The minimum atomic E-state index is -0.332. The Bertz CT molecular complexity index is 398. The van der Waals surface area contributed by atoms with E-state index in [2.05, 4.69) is 20.5 Å². The second-order valence-corrected chi connectivity index (χ2v) is 4.83. The lowest BCUT2D eigenvalue weighted by atomic mass is 10.1. The summed E-state index contributed by atoms with van der Waals surface area (Å²) in [6.45, 7) is 3.80. The fraction of sp³-hybridized carbons (Fsp3) is 0.727. The van der Waals surface area contributed by atoms with Crippen molar-refractivity contribution < 1.29 is 9.90 Å². The number of aliphatic hydroxyl groups excluding tert-OH is 1. The highest BCUT2D eigenvalue weighted by Crippen LogP contribution is 2.37. The number of carbonyl (C=O) groups excluding carboxylic acids is 1. The summed E-state index contributed by atoms with van der Waals surface area (Å²) in [6.07, 6.45) is 2.23. The molecular weight excluding hydrogens is 220 g/mol. The van der Waals surface area contributed by atoms with Crippen LogP contribution in [-0.2, 0) is 0 Å². The van der Waals surface area contributed by atoms with Gasteiger partial charge in [-0.25, -0.2) is 4.98 Å². The molecule has 0 spiro atoms. The van der Waals surface area contributed by atoms with E-state index < -0.39 is 0 Å². The molecule has 0 unspecified atom stereocenters. The Balaban J connectivity index is 1.98. The van der Waals surface area contributed by atoms with Crippen LogP contribution < -0.4 is 5.32 Å². The molecule has 6 heteroatoms. The number of nitrogens with one attached hydrogen (secondary N) is 2. The van der Waals surface area contributed by atoms with Crippen LogP contribution in [-0.4, -0.2) is 38.8 Å². The van der Waals surface area contributed by atoms with Gasteiger partial charge in [0.15, 0.2) is 0 Å². The molecule has 1 aliphatic rings. The summed E-state index contributed by atoms with van der Waals surface area (Å²) in [7, 11) is 0. The summed E-state index contributed by atoms with van der Waals surface area (Å²) in [5.41, 5.74) is 0. The lowest BCUT2D eigenvalue weighted by molar-refractivity contribution is 0.0886. The average Bonchev–Trinajstić information content (AvgIpc) is 3.03. The largest absolute Gasteiger partial charge is 0.394 e. The third-order valence-corrected chi connectivity index (χ3v) is 2.99. The molecule has 2 rings (SSSR count). The van der Waals surface area contributed by atoms with Crippen LogP contribution in [0.2, 0.25) is 0 Å². The third-order valence-electron chi connectivity index (χ3n) is 2.99. The molecule has 0 saturated heterocycles. The Labute approximate surface area is 99.8 Å². The molecule has 0 radical (unpaired) electrons. The summed E-state index contributed by atoms with van der Waals surface area (Å²) >= 11 is 0. The molecule has 1 atom stereocenters. The van der Waals surface area contributed by atoms with Gasteiger partial charge in [-0.1, -0.05) is 13.8 Å². The van der Waals surface area contributed by atoms with Gasteiger partial charge in [-0.2, -0.15) is 0 Å². The Hall–Kier alpha value is -1.43. The number of aromatic nitrogens is 3. The molecule has 1 saturated carbocycles. The lowest BCUT2D eigenvalue weighted by Crippen LogP contribution is -2.41. The van der Waals surface area contributed by atoms with Crippen LogP contribution >= 0.6 is 0 Å². The molecule has 1 aromatic rings. The Kier molecular flexibility index (Phi) is 3.42. The van der Waals surface area contributed by atoms with Crippen LogP contribution in [0.1, 0.15) is 49.1 Å². The Morgan fingerprint density at radius 2 is 2.29 bits per heavy atom. The fourth-order valence-electron chi connectivity index (χ4n) is 1.57. The summed E-state index contributed by atoms with van der Waals surface area (Å²) in [5, 5.41) is 18.5. The minimum Gasteiger partial charge on any atom is -0.394 e. The lowest BCUT2D eigenvalue weighted by Gasteiger charge is -2.18. The maximum absolute atomic E-state index is 11.8. The maximum atomic E-state index is 11.8. The van der Waals surface area contributed by atoms with Gasteiger partial charge in [-0.15, -0.1) is 5.10 Å². The zero-order chi connectivity index (χ0) is 12.4. The van der Waals surface area contributed by atoms with Crippen LogP contribution in [0.4, 0.5) is 0 Å². The molecule has 17 heavy (non-hydrogen) atoms. The van der Waals surface area contributed by atoms with Gasteiger partial charge in [0.1, 0.15) is 5.82 Å². The summed E-state index contributed by atoms with van der Waals surface area (Å²) in [4.78, 5) is 16.0. The van der Waals surface area contributed by atoms with Gasteiger partial charge in [0.2, 0.25) is 5.82 Å². The van der Waals surface area contributed by atoms with E-state index in [-0.39, 0.29) is 30.3 Å². The van der Waals surface area contributed by atoms with Gasteiger partial charge < -0.3 is 10.4 Å². The predicted octanol–water partition coefficient (Wildman–Crippen LogP) is 0.429. The highest BCUT2D eigenvalue weighted by atomic mass is 16.3. The Morgan fingerprint density at radius 1 is 1.59 bits per heavy atom. The molecule has 1 aliphatic carbocycles. The smallest absolute Gasteiger partial charge is 0.291 e. The SMILES string of the molecule is CC(C)[C@@H](CO)NC(=O)c1n[nH]c(C2CC2)n1. The van der Waals surface area contributed by atoms with Gasteiger partial charge in [-0.3, -0.25) is 9.89 Å². The highest BCUT2D eigenvalue weighted by molar-refractivity contribution is 5.90. The van der Waals surface area contributed by atoms with E-state index in [0.717, 1.165) is 18.7 Å². The van der Waals surface area contributed by atoms with Crippen molar-refractivity contribution in [1.82, 2.24) is 20.5 Å². The second-order valence-electron chi connectivity index (χ2n) is 4.83. The van der Waals surface area contributed by atoms with E-state index >= 15 is 0 Å². The number of nitrogens with zero attached hydrogens (tertiary/aromatic N) is 2. The monoisotopic (exact) mass is 238 g/mol. The summed E-state index contributed by atoms with van der Waals surface area (Å²) in [6, 6.07) is -0.259. The number of H-pyrrole nitrogens is 1. The molecule has 1 heterocycles. The van der Waals surface area contributed by atoms with Crippen LogP contribution in [0.25, 0.3) is 0 Å². The molecule has 1 fully saturated rings. The zero-order valence-corrected chi connectivity index (χ0v) is 10.1. The molecule has 0 bridgehead atoms. The van der Waals surface area contributed by atoms with Crippen LogP contribution in [0.3, 0.4) is 0 Å². The standard InChI is InChI=1S/C11H18N4O2/c1-6(2)8(5-16)12-11(17)10-13-9(14-15-10)7-3-4-7/h6-8,16H,3-5H2,1-2H3,(H,12,17)(H,13,14,15)/t8-/m1/s1. The van der Waals surface area contributed by atoms with Crippen LogP contribution in [0.5, 0.6) is 0 Å². The van der Waals surface area contributed by atoms with Crippen LogP contribution in [0.15, 0.2) is 0 Å². The van der Waals surface area contributed by atoms with E-state index in [9.17, 15) is 4.79 Å². The number of hydrogen-bond donors (Lipinski definition) is 3. The topological polar surface area (TPSA) is 90.9 Å². The number of rotatable bonds is 5. The van der Waals surface area contributed by atoms with Crippen molar-refractivity contribution in [3.63, 3.8) is 0 Å². The van der Waals surface area contributed by atoms with E-state index in [4.69, 9.17) is 5.11 Å². The number of aliphatic hydroxyl groups is 1. The zero-order valence-electron chi connectivity index (χ0n) is 10.1. The number of carbonyl (C=O) groups is 1. The molecule has 1 amide bonds. The van der Waals surface area contributed by atoms with Crippen molar-refractivity contribution in [2.24, 2.45) is 5.92 Å². The van der Waals surface area contributed by atoms with Crippen molar-refractivity contribution in [2.75, 3.05) is 6.61 Å². The maximum Gasteiger partial charge on any atom is 0.291 e. The second kappa shape index (κ2) is 4.83. The first-order chi connectivity index (χ1) is 8.11. The van der Waals surface area contributed by atoms with Crippen molar-refractivity contribution in [1.29, 1.82) is 0 Å². The summed E-state index contributed by atoms with van der Waals surface area (Å²) < 4.78 is 0. The Morgan fingerprint density at radius 3 is 2.82 bits per heavy atom. The van der Waals surface area contributed by atoms with Gasteiger partial charge in [-0.05, 0) is 18.8 Å². The highest BCUT2D eigenvalue weighted by Gasteiger charge is 2.28. The van der Waals surface area contributed by atoms with Gasteiger partial charge in [0.05, 0.1) is 12.6 Å². The summed E-state index contributed by atoms with van der Waals surface area (Å²) in [5.74, 6) is 1.24. The quantitative estimate of drug-likeness (QED) is 0.693. The first-order valence-corrected chi connectivity index (χ1v) is 5.95. The average molecular weight is 238 g/mol. The molecule has 0 aliphatic heterocycles. The fourth-order valence-corrected chi connectivity index (χ4v) is 1.57. The minimum absolute atomic E-state index is 0.0800. The third kappa shape index (κ3) is 2.82. The van der Waals surface area contributed by atoms with Crippen molar-refractivity contribution in [2.45, 2.75) is 38.6 Å². The van der Waals surface area contributed by atoms with E-state index in [1.54, 1.807) is 0 Å². The predicted molar refractivity (Wildman–Crippen MR) is 61.5 cm³/mol. The van der Waals surface area contributed by atoms with Crippen molar-refractivity contribution in [3.8, 4) is 0 Å². The normalized spacial score (nSPS) is 17.2. The molecule has 1 aromatic heterocycles. The van der Waals surface area contributed by atoms with Crippen molar-refractivity contribution in [3.05, 3.63) is 11.6 Å². The molecule has 3 N–H and O–H groups in total. The van der Waals surface area contributed by atoms with E-state index in [0.29, 0.717) is 5.92 Å². The molecular formula is C11H18N4O2. The molecule has 6 nitrogen and oxygen atoms in total. The van der Waals surface area contributed by atoms with Gasteiger partial charge in [0, 0.05) is 5.92 Å². The number of amides is 1. The van der Waals surface area contributed by atoms with E-state index in [1.165, 1.54) is 0 Å². The first-order valence-electron chi connectivity index (χ1n) is 5.95. The number of aromatic amines is 1.